The molecule has 0 aliphatic carbocycles. The fourth-order valence-corrected chi connectivity index (χ4v) is 1.72. The van der Waals surface area contributed by atoms with Gasteiger partial charge in [0, 0.05) is 25.2 Å². The number of pyridine rings is 1. The van der Waals surface area contributed by atoms with E-state index in [1.165, 1.54) is 6.07 Å². The Morgan fingerprint density at radius 1 is 1.44 bits per heavy atom. The van der Waals surface area contributed by atoms with Crippen LogP contribution in [0.4, 0.5) is 19.0 Å². The highest BCUT2D eigenvalue weighted by molar-refractivity contribution is 5.78. The molecule has 1 saturated heterocycles. The lowest BCUT2D eigenvalue weighted by Crippen LogP contribution is -2.31. The Kier molecular flexibility index (Phi) is 3.40. The molecule has 2 heterocycles. The van der Waals surface area contributed by atoms with Crippen molar-refractivity contribution in [2.24, 2.45) is 0 Å². The first-order valence-corrected chi connectivity index (χ1v) is 5.51. The van der Waals surface area contributed by atoms with E-state index in [1.807, 2.05) is 0 Å². The van der Waals surface area contributed by atoms with E-state index >= 15 is 0 Å². The molecule has 0 saturated carbocycles. The van der Waals surface area contributed by atoms with Gasteiger partial charge in [0.05, 0.1) is 5.56 Å². The summed E-state index contributed by atoms with van der Waals surface area (Å²) in [5, 5.41) is 5.64. The van der Waals surface area contributed by atoms with Gasteiger partial charge in [-0.1, -0.05) is 0 Å². The van der Waals surface area contributed by atoms with Crippen LogP contribution < -0.4 is 10.6 Å². The van der Waals surface area contributed by atoms with Crippen LogP contribution >= 0.6 is 0 Å². The van der Waals surface area contributed by atoms with Crippen LogP contribution in [0.25, 0.3) is 0 Å². The third kappa shape index (κ3) is 3.12. The van der Waals surface area contributed by atoms with Crippen molar-refractivity contribution in [2.45, 2.75) is 25.1 Å². The summed E-state index contributed by atoms with van der Waals surface area (Å²) in [5.74, 6) is 0.367. The van der Waals surface area contributed by atoms with Crippen molar-refractivity contribution in [3.63, 3.8) is 0 Å². The maximum absolute atomic E-state index is 12.3. The van der Waals surface area contributed by atoms with Gasteiger partial charge in [0.15, 0.2) is 0 Å². The van der Waals surface area contributed by atoms with E-state index in [2.05, 4.69) is 15.6 Å². The van der Waals surface area contributed by atoms with Crippen LogP contribution in [0.2, 0.25) is 0 Å². The Hall–Kier alpha value is -1.79. The summed E-state index contributed by atoms with van der Waals surface area (Å²) in [7, 11) is 0. The molecule has 1 atom stereocenters. The number of hydrogen-bond donors (Lipinski definition) is 2. The summed E-state index contributed by atoms with van der Waals surface area (Å²) < 4.78 is 36.9. The number of aromatic nitrogens is 1. The minimum absolute atomic E-state index is 0.00202. The molecule has 1 aliphatic rings. The number of nitrogens with zero attached hydrogens (tertiary/aromatic N) is 1. The smallest absolute Gasteiger partial charge is 0.368 e. The van der Waals surface area contributed by atoms with E-state index in [1.54, 1.807) is 0 Å². The first-order valence-electron chi connectivity index (χ1n) is 5.51. The highest BCUT2D eigenvalue weighted by Gasteiger charge is 2.30. The zero-order valence-corrected chi connectivity index (χ0v) is 9.42. The number of amides is 1. The minimum Gasteiger partial charge on any atom is -0.368 e. The molecule has 4 nitrogen and oxygen atoms in total. The third-order valence-electron chi connectivity index (χ3n) is 2.71. The van der Waals surface area contributed by atoms with Gasteiger partial charge in [-0.15, -0.1) is 0 Å². The van der Waals surface area contributed by atoms with Gasteiger partial charge >= 0.3 is 6.18 Å². The maximum atomic E-state index is 12.3. The van der Waals surface area contributed by atoms with Crippen molar-refractivity contribution in [2.75, 3.05) is 11.9 Å². The average molecular weight is 259 g/mol. The Bertz CT molecular complexity index is 430. The molecule has 1 aromatic heterocycles. The molecule has 1 unspecified atom stereocenters. The highest BCUT2D eigenvalue weighted by atomic mass is 19.4. The normalized spacial score (nSPS) is 19.7. The molecule has 0 spiro atoms. The zero-order chi connectivity index (χ0) is 13.2. The van der Waals surface area contributed by atoms with Crippen LogP contribution in [0.3, 0.4) is 0 Å². The van der Waals surface area contributed by atoms with Gasteiger partial charge in [0.2, 0.25) is 5.91 Å². The topological polar surface area (TPSA) is 54.0 Å². The van der Waals surface area contributed by atoms with Crippen LogP contribution in [-0.4, -0.2) is 23.5 Å². The zero-order valence-electron chi connectivity index (χ0n) is 9.42. The summed E-state index contributed by atoms with van der Waals surface area (Å²) in [6, 6.07) is 2.27. The van der Waals surface area contributed by atoms with Gasteiger partial charge in [0.1, 0.15) is 5.82 Å². The predicted molar refractivity (Wildman–Crippen MR) is 58.9 cm³/mol. The lowest BCUT2D eigenvalue weighted by atomic mass is 10.2. The average Bonchev–Trinajstić information content (AvgIpc) is 2.72. The number of rotatable bonds is 3. The summed E-state index contributed by atoms with van der Waals surface area (Å²) in [4.78, 5) is 14.6. The van der Waals surface area contributed by atoms with E-state index in [9.17, 15) is 18.0 Å². The number of halogens is 3. The molecule has 1 aliphatic heterocycles. The molecule has 1 aromatic rings. The quantitative estimate of drug-likeness (QED) is 0.870. The van der Waals surface area contributed by atoms with Gasteiger partial charge < -0.3 is 10.6 Å². The van der Waals surface area contributed by atoms with E-state index in [4.69, 9.17) is 0 Å². The second kappa shape index (κ2) is 4.83. The molecule has 0 radical (unpaired) electrons. The van der Waals surface area contributed by atoms with Crippen molar-refractivity contribution in [1.82, 2.24) is 10.3 Å². The molecule has 0 bridgehead atoms. The van der Waals surface area contributed by atoms with Gasteiger partial charge in [-0.3, -0.25) is 4.79 Å². The number of carbonyl (C=O) groups is 1. The third-order valence-corrected chi connectivity index (χ3v) is 2.71. The minimum atomic E-state index is -4.37. The van der Waals surface area contributed by atoms with E-state index in [0.717, 1.165) is 18.7 Å². The second-order valence-corrected chi connectivity index (χ2v) is 4.11. The van der Waals surface area contributed by atoms with Crippen molar-refractivity contribution < 1.29 is 18.0 Å². The number of carbonyl (C=O) groups excluding carboxylic acids is 1. The van der Waals surface area contributed by atoms with Crippen molar-refractivity contribution in [3.8, 4) is 0 Å². The van der Waals surface area contributed by atoms with Crippen LogP contribution in [0, 0.1) is 0 Å². The van der Waals surface area contributed by atoms with Crippen LogP contribution in [0.15, 0.2) is 18.3 Å². The molecule has 1 amide bonds. The lowest BCUT2D eigenvalue weighted by Gasteiger charge is -2.12. The number of alkyl halides is 3. The molecule has 0 aromatic carbocycles. The summed E-state index contributed by atoms with van der Waals surface area (Å²) in [6.07, 6.45) is -2.36. The van der Waals surface area contributed by atoms with Gasteiger partial charge in [-0.2, -0.15) is 13.2 Å². The first-order chi connectivity index (χ1) is 8.45. The molecule has 98 valence electrons. The van der Waals surface area contributed by atoms with E-state index in [0.29, 0.717) is 18.8 Å². The molecular weight excluding hydrogens is 247 g/mol. The monoisotopic (exact) mass is 259 g/mol. The Labute approximate surface area is 102 Å². The van der Waals surface area contributed by atoms with Gasteiger partial charge in [0.25, 0.3) is 0 Å². The fourth-order valence-electron chi connectivity index (χ4n) is 1.72. The Balaban J connectivity index is 1.89. The van der Waals surface area contributed by atoms with Crippen LogP contribution in [0.1, 0.15) is 18.4 Å². The predicted octanol–water partition coefficient (Wildman–Crippen LogP) is 1.79. The SMILES string of the molecule is O=C1CCC(CNc2ccc(C(F)(F)F)cn2)N1. The van der Waals surface area contributed by atoms with Crippen LogP contribution in [-0.2, 0) is 11.0 Å². The van der Waals surface area contributed by atoms with E-state index < -0.39 is 11.7 Å². The van der Waals surface area contributed by atoms with E-state index in [-0.39, 0.29) is 11.9 Å². The molecule has 2 N–H and O–H groups in total. The highest BCUT2D eigenvalue weighted by Crippen LogP contribution is 2.28. The molecule has 2 rings (SSSR count). The summed E-state index contributed by atoms with van der Waals surface area (Å²) >= 11 is 0. The number of hydrogen-bond acceptors (Lipinski definition) is 3. The number of nitrogens with one attached hydrogen (secondary N) is 2. The molecule has 18 heavy (non-hydrogen) atoms. The summed E-state index contributed by atoms with van der Waals surface area (Å²) in [5.41, 5.74) is -0.776. The lowest BCUT2D eigenvalue weighted by molar-refractivity contribution is -0.137. The fraction of sp³-hybridized carbons (Fsp3) is 0.455. The standard InChI is InChI=1S/C11H12F3N3O/c12-11(13,14)7-1-3-9(15-5-7)16-6-8-2-4-10(18)17-8/h1,3,5,8H,2,4,6H2,(H,15,16)(H,17,18). The Morgan fingerprint density at radius 3 is 2.72 bits per heavy atom. The van der Waals surface area contributed by atoms with Crippen molar-refractivity contribution in [3.05, 3.63) is 23.9 Å². The van der Waals surface area contributed by atoms with Gasteiger partial charge in [-0.05, 0) is 18.6 Å². The van der Waals surface area contributed by atoms with Crippen LogP contribution in [0.5, 0.6) is 0 Å². The summed E-state index contributed by atoms with van der Waals surface area (Å²) in [6.45, 7) is 0.462. The molecular formula is C11H12F3N3O. The second-order valence-electron chi connectivity index (χ2n) is 4.11. The largest absolute Gasteiger partial charge is 0.417 e. The Morgan fingerprint density at radius 2 is 2.22 bits per heavy atom. The van der Waals surface area contributed by atoms with Gasteiger partial charge in [-0.25, -0.2) is 4.98 Å². The maximum Gasteiger partial charge on any atom is 0.417 e. The van der Waals surface area contributed by atoms with Crippen molar-refractivity contribution >= 4 is 11.7 Å². The van der Waals surface area contributed by atoms with Crippen molar-refractivity contribution in [1.29, 1.82) is 0 Å². The molecule has 7 heteroatoms. The number of anilines is 1. The first kappa shape index (κ1) is 12.7. The molecule has 1 fully saturated rings.